The molecule has 1 aromatic heterocycles. The molecule has 0 saturated heterocycles. The van der Waals surface area contributed by atoms with Crippen molar-refractivity contribution in [2.24, 2.45) is 11.7 Å². The van der Waals surface area contributed by atoms with Gasteiger partial charge in [-0.3, -0.25) is 4.79 Å². The highest BCUT2D eigenvalue weighted by Crippen LogP contribution is 2.31. The second-order valence-corrected chi connectivity index (χ2v) is 7.11. The van der Waals surface area contributed by atoms with E-state index < -0.39 is 0 Å². The van der Waals surface area contributed by atoms with Gasteiger partial charge in [-0.1, -0.05) is 36.8 Å². The number of carbonyl (C=O) groups is 1. The highest BCUT2D eigenvalue weighted by molar-refractivity contribution is 7.09. The van der Waals surface area contributed by atoms with E-state index in [1.165, 1.54) is 30.6 Å². The van der Waals surface area contributed by atoms with E-state index in [1.54, 1.807) is 0 Å². The Labute approximate surface area is 141 Å². The lowest BCUT2D eigenvalue weighted by Gasteiger charge is -2.36. The van der Waals surface area contributed by atoms with E-state index in [9.17, 15) is 4.79 Å². The summed E-state index contributed by atoms with van der Waals surface area (Å²) in [7, 11) is 0. The summed E-state index contributed by atoms with van der Waals surface area (Å²) in [6, 6.07) is 10.3. The number of benzene rings is 1. The van der Waals surface area contributed by atoms with Gasteiger partial charge in [-0.15, -0.1) is 11.3 Å². The predicted molar refractivity (Wildman–Crippen MR) is 93.2 cm³/mol. The summed E-state index contributed by atoms with van der Waals surface area (Å²) in [6.45, 7) is 3.29. The number of hydrogen-bond donors (Lipinski definition) is 1. The average Bonchev–Trinajstić information content (AvgIpc) is 3.03. The fourth-order valence-electron chi connectivity index (χ4n) is 2.93. The predicted octanol–water partition coefficient (Wildman–Crippen LogP) is 3.61. The molecule has 1 fully saturated rings. The van der Waals surface area contributed by atoms with Crippen LogP contribution in [0.5, 0.6) is 0 Å². The van der Waals surface area contributed by atoms with Gasteiger partial charge in [0.25, 0.3) is 5.91 Å². The average molecular weight is 329 g/mol. The van der Waals surface area contributed by atoms with Gasteiger partial charge < -0.3 is 10.6 Å². The van der Waals surface area contributed by atoms with Crippen molar-refractivity contribution in [1.29, 1.82) is 0 Å². The number of rotatable bonds is 6. The Kier molecular flexibility index (Phi) is 5.08. The largest absolute Gasteiger partial charge is 0.330 e. The zero-order valence-electron chi connectivity index (χ0n) is 13.4. The summed E-state index contributed by atoms with van der Waals surface area (Å²) in [5.41, 5.74) is 7.31. The van der Waals surface area contributed by atoms with Crippen molar-refractivity contribution < 1.29 is 4.79 Å². The van der Waals surface area contributed by atoms with Crippen molar-refractivity contribution >= 4 is 17.2 Å². The molecule has 0 spiro atoms. The van der Waals surface area contributed by atoms with Crippen LogP contribution in [0.3, 0.4) is 0 Å². The van der Waals surface area contributed by atoms with Crippen LogP contribution in [-0.2, 0) is 6.54 Å². The van der Waals surface area contributed by atoms with Crippen LogP contribution in [0.4, 0.5) is 0 Å². The first-order chi connectivity index (χ1) is 11.2. The van der Waals surface area contributed by atoms with Crippen LogP contribution >= 0.6 is 11.3 Å². The van der Waals surface area contributed by atoms with Gasteiger partial charge in [-0.2, -0.15) is 0 Å². The molecule has 1 atom stereocenters. The first-order valence-electron chi connectivity index (χ1n) is 8.19. The Hall–Kier alpha value is -1.72. The summed E-state index contributed by atoms with van der Waals surface area (Å²) in [4.78, 5) is 19.4. The SMILES string of the molecule is CC(c1ccccc1)N(CC1CCC1)C(=O)c1csc(CN)n1. The molecule has 23 heavy (non-hydrogen) atoms. The van der Waals surface area contributed by atoms with E-state index in [2.05, 4.69) is 24.0 Å². The lowest BCUT2D eigenvalue weighted by Crippen LogP contribution is -2.39. The molecule has 0 radical (unpaired) electrons. The number of nitrogens with zero attached hydrogens (tertiary/aromatic N) is 2. The molecule has 1 aliphatic rings. The molecule has 0 bridgehead atoms. The minimum absolute atomic E-state index is 0.0178. The minimum atomic E-state index is 0.0178. The number of aromatic nitrogens is 1. The molecule has 3 rings (SSSR count). The molecule has 5 heteroatoms. The lowest BCUT2D eigenvalue weighted by atomic mass is 9.84. The molecule has 2 aromatic rings. The summed E-state index contributed by atoms with van der Waals surface area (Å²) >= 11 is 1.46. The third-order valence-electron chi connectivity index (χ3n) is 4.64. The smallest absolute Gasteiger partial charge is 0.273 e. The van der Waals surface area contributed by atoms with E-state index in [0.717, 1.165) is 17.1 Å². The van der Waals surface area contributed by atoms with E-state index in [-0.39, 0.29) is 11.9 Å². The Bertz CT molecular complexity index is 651. The van der Waals surface area contributed by atoms with E-state index in [4.69, 9.17) is 5.73 Å². The first-order valence-corrected chi connectivity index (χ1v) is 9.07. The second kappa shape index (κ2) is 7.23. The molecule has 2 N–H and O–H groups in total. The van der Waals surface area contributed by atoms with Gasteiger partial charge in [-0.25, -0.2) is 4.98 Å². The maximum Gasteiger partial charge on any atom is 0.273 e. The summed E-state index contributed by atoms with van der Waals surface area (Å²) in [6.07, 6.45) is 3.72. The van der Waals surface area contributed by atoms with Crippen LogP contribution in [0, 0.1) is 5.92 Å². The lowest BCUT2D eigenvalue weighted by molar-refractivity contribution is 0.0608. The van der Waals surface area contributed by atoms with E-state index in [1.807, 2.05) is 28.5 Å². The van der Waals surface area contributed by atoms with E-state index in [0.29, 0.717) is 18.2 Å². The first kappa shape index (κ1) is 16.1. The van der Waals surface area contributed by atoms with Crippen LogP contribution in [0.25, 0.3) is 0 Å². The van der Waals surface area contributed by atoms with Gasteiger partial charge >= 0.3 is 0 Å². The second-order valence-electron chi connectivity index (χ2n) is 6.17. The molecule has 1 unspecified atom stereocenters. The standard InChI is InChI=1S/C18H23N3OS/c1-13(15-8-3-2-4-9-15)21(11-14-6-5-7-14)18(22)16-12-23-17(10-19)20-16/h2-4,8-9,12-14H,5-7,10-11,19H2,1H3. The van der Waals surface area contributed by atoms with Crippen molar-refractivity contribution in [3.05, 3.63) is 52.0 Å². The molecule has 1 heterocycles. The third-order valence-corrected chi connectivity index (χ3v) is 5.51. The van der Waals surface area contributed by atoms with Gasteiger partial charge in [0.2, 0.25) is 0 Å². The van der Waals surface area contributed by atoms with Gasteiger partial charge in [-0.05, 0) is 31.2 Å². The normalized spacial score (nSPS) is 15.9. The molecular formula is C18H23N3OS. The molecule has 1 amide bonds. The summed E-state index contributed by atoms with van der Waals surface area (Å²) in [5.74, 6) is 0.641. The van der Waals surface area contributed by atoms with Crippen molar-refractivity contribution in [2.45, 2.75) is 38.8 Å². The zero-order valence-corrected chi connectivity index (χ0v) is 14.3. The fourth-order valence-corrected chi connectivity index (χ4v) is 3.58. The number of nitrogens with two attached hydrogens (primary N) is 1. The summed E-state index contributed by atoms with van der Waals surface area (Å²) in [5, 5.41) is 2.64. The Balaban J connectivity index is 1.83. The molecule has 1 aliphatic carbocycles. The van der Waals surface area contributed by atoms with Crippen molar-refractivity contribution in [3.8, 4) is 0 Å². The topological polar surface area (TPSA) is 59.2 Å². The van der Waals surface area contributed by atoms with Crippen molar-refractivity contribution in [1.82, 2.24) is 9.88 Å². The van der Waals surface area contributed by atoms with Crippen LogP contribution in [0.2, 0.25) is 0 Å². The monoisotopic (exact) mass is 329 g/mol. The van der Waals surface area contributed by atoms with Gasteiger partial charge in [0, 0.05) is 18.5 Å². The summed E-state index contributed by atoms with van der Waals surface area (Å²) < 4.78 is 0. The van der Waals surface area contributed by atoms with Crippen LogP contribution in [-0.4, -0.2) is 22.3 Å². The van der Waals surface area contributed by atoms with Gasteiger partial charge in [0.1, 0.15) is 10.7 Å². The maximum atomic E-state index is 13.0. The molecular weight excluding hydrogens is 306 g/mol. The Morgan fingerprint density at radius 1 is 1.39 bits per heavy atom. The number of carbonyl (C=O) groups excluding carboxylic acids is 1. The fraction of sp³-hybridized carbons (Fsp3) is 0.444. The minimum Gasteiger partial charge on any atom is -0.330 e. The molecule has 4 nitrogen and oxygen atoms in total. The van der Waals surface area contributed by atoms with Crippen LogP contribution in [0.1, 0.15) is 53.3 Å². The molecule has 1 aromatic carbocycles. The van der Waals surface area contributed by atoms with Gasteiger partial charge in [0.15, 0.2) is 0 Å². The quantitative estimate of drug-likeness (QED) is 0.881. The zero-order chi connectivity index (χ0) is 16.2. The molecule has 1 saturated carbocycles. The highest BCUT2D eigenvalue weighted by atomic mass is 32.1. The molecule has 0 aliphatic heterocycles. The number of amides is 1. The Morgan fingerprint density at radius 2 is 2.13 bits per heavy atom. The highest BCUT2D eigenvalue weighted by Gasteiger charge is 2.29. The number of thiazole rings is 1. The van der Waals surface area contributed by atoms with E-state index >= 15 is 0 Å². The number of hydrogen-bond acceptors (Lipinski definition) is 4. The molecule has 122 valence electrons. The van der Waals surface area contributed by atoms with Crippen molar-refractivity contribution in [3.63, 3.8) is 0 Å². The third kappa shape index (κ3) is 3.62. The van der Waals surface area contributed by atoms with Crippen LogP contribution in [0.15, 0.2) is 35.7 Å². The van der Waals surface area contributed by atoms with Crippen molar-refractivity contribution in [2.75, 3.05) is 6.54 Å². The Morgan fingerprint density at radius 3 is 2.70 bits per heavy atom. The maximum absolute atomic E-state index is 13.0. The van der Waals surface area contributed by atoms with Gasteiger partial charge in [0.05, 0.1) is 6.04 Å². The van der Waals surface area contributed by atoms with Crippen LogP contribution < -0.4 is 5.73 Å².